The van der Waals surface area contributed by atoms with Gasteiger partial charge in [0.2, 0.25) is 0 Å². The maximum Gasteiger partial charge on any atom is 0.0963 e. The Morgan fingerprint density at radius 3 is 2.90 bits per heavy atom. The molecule has 5 heteroatoms. The first-order valence-corrected chi connectivity index (χ1v) is 7.82. The Balaban J connectivity index is 1.56. The number of nitrogens with zero attached hydrogens (tertiary/aromatic N) is 2. The lowest BCUT2D eigenvalue weighted by molar-refractivity contribution is -0.0968. The van der Waals surface area contributed by atoms with Gasteiger partial charge >= 0.3 is 0 Å². The van der Waals surface area contributed by atoms with Crippen LogP contribution in [0.25, 0.3) is 0 Å². The first-order chi connectivity index (χ1) is 9.83. The van der Waals surface area contributed by atoms with Crippen LogP contribution in [0.5, 0.6) is 0 Å². The van der Waals surface area contributed by atoms with Gasteiger partial charge in [-0.15, -0.1) is 0 Å². The topological polar surface area (TPSA) is 62.3 Å². The molecule has 2 atom stereocenters. The van der Waals surface area contributed by atoms with Gasteiger partial charge in [0, 0.05) is 18.7 Å². The highest BCUT2D eigenvalue weighted by atomic mass is 16.6. The Kier molecular flexibility index (Phi) is 4.70. The summed E-state index contributed by atoms with van der Waals surface area (Å²) in [5, 5.41) is 4.71. The summed E-state index contributed by atoms with van der Waals surface area (Å²) in [4.78, 5) is 0. The van der Waals surface area contributed by atoms with Crippen molar-refractivity contribution >= 4 is 0 Å². The molecule has 1 saturated heterocycles. The summed E-state index contributed by atoms with van der Waals surface area (Å²) in [6, 6.07) is 2.64. The summed E-state index contributed by atoms with van der Waals surface area (Å²) in [5.41, 5.74) is 7.28. The predicted octanol–water partition coefficient (Wildman–Crippen LogP) is 1.67. The predicted molar refractivity (Wildman–Crippen MR) is 76.6 cm³/mol. The van der Waals surface area contributed by atoms with Crippen LogP contribution in [-0.4, -0.2) is 41.7 Å². The van der Waals surface area contributed by atoms with Gasteiger partial charge < -0.3 is 15.2 Å². The third-order valence-electron chi connectivity index (χ3n) is 4.38. The number of nitrogens with two attached hydrogens (primary N) is 1. The molecular weight excluding hydrogens is 254 g/mol. The Morgan fingerprint density at radius 1 is 1.30 bits per heavy atom. The van der Waals surface area contributed by atoms with E-state index in [4.69, 9.17) is 20.3 Å². The van der Waals surface area contributed by atoms with E-state index in [1.807, 2.05) is 0 Å². The minimum atomic E-state index is -0.0370. The van der Waals surface area contributed by atoms with E-state index in [9.17, 15) is 0 Å². The Bertz CT molecular complexity index is 409. The van der Waals surface area contributed by atoms with Gasteiger partial charge in [0.1, 0.15) is 0 Å². The average Bonchev–Trinajstić information content (AvgIpc) is 2.97. The molecule has 112 valence electrons. The van der Waals surface area contributed by atoms with Gasteiger partial charge in [-0.05, 0) is 18.9 Å². The highest BCUT2D eigenvalue weighted by molar-refractivity contribution is 5.03. The lowest BCUT2D eigenvalue weighted by atomic mass is 9.96. The van der Waals surface area contributed by atoms with Crippen LogP contribution in [0.15, 0.2) is 12.3 Å². The lowest BCUT2D eigenvalue weighted by Gasteiger charge is -2.27. The molecule has 0 bridgehead atoms. The Hall–Kier alpha value is -0.910. The fourth-order valence-corrected chi connectivity index (χ4v) is 3.16. The molecule has 1 aromatic heterocycles. The third-order valence-corrected chi connectivity index (χ3v) is 4.38. The summed E-state index contributed by atoms with van der Waals surface area (Å²) in [6.45, 7) is 1.93. The largest absolute Gasteiger partial charge is 0.376 e. The van der Waals surface area contributed by atoms with E-state index in [1.54, 1.807) is 0 Å². The monoisotopic (exact) mass is 279 g/mol. The molecule has 0 amide bonds. The molecule has 2 N–H and O–H groups in total. The van der Waals surface area contributed by atoms with E-state index in [0.717, 1.165) is 12.1 Å². The second kappa shape index (κ2) is 6.70. The summed E-state index contributed by atoms with van der Waals surface area (Å²) < 4.78 is 13.2. The zero-order valence-electron chi connectivity index (χ0n) is 12.0. The summed E-state index contributed by atoms with van der Waals surface area (Å²) >= 11 is 0. The Morgan fingerprint density at radius 2 is 2.15 bits per heavy atom. The molecule has 2 fully saturated rings. The quantitative estimate of drug-likeness (QED) is 0.910. The van der Waals surface area contributed by atoms with Crippen LogP contribution >= 0.6 is 0 Å². The van der Waals surface area contributed by atoms with Gasteiger partial charge in [-0.1, -0.05) is 19.3 Å². The molecule has 1 aromatic rings. The fourth-order valence-electron chi connectivity index (χ4n) is 3.16. The second-order valence-corrected chi connectivity index (χ2v) is 5.93. The molecule has 2 aliphatic rings. The second-order valence-electron chi connectivity index (χ2n) is 5.93. The number of hydrogen-bond donors (Lipinski definition) is 1. The lowest BCUT2D eigenvalue weighted by Crippen LogP contribution is -2.44. The van der Waals surface area contributed by atoms with Crippen LogP contribution < -0.4 is 5.73 Å². The molecule has 0 spiro atoms. The third kappa shape index (κ3) is 3.40. The molecule has 0 aromatic carbocycles. The van der Waals surface area contributed by atoms with Gasteiger partial charge in [0.05, 0.1) is 37.7 Å². The average molecular weight is 279 g/mol. The van der Waals surface area contributed by atoms with Crippen LogP contribution in [0.1, 0.15) is 43.8 Å². The molecular formula is C15H25N3O2. The smallest absolute Gasteiger partial charge is 0.0963 e. The van der Waals surface area contributed by atoms with Crippen molar-refractivity contribution in [2.75, 3.05) is 19.8 Å². The van der Waals surface area contributed by atoms with E-state index in [1.165, 1.54) is 32.1 Å². The van der Waals surface area contributed by atoms with Crippen molar-refractivity contribution in [3.8, 4) is 0 Å². The molecule has 0 radical (unpaired) electrons. The van der Waals surface area contributed by atoms with Crippen LogP contribution in [-0.2, 0) is 15.9 Å². The normalized spacial score (nSPS) is 26.6. The van der Waals surface area contributed by atoms with Crippen molar-refractivity contribution in [1.29, 1.82) is 0 Å². The van der Waals surface area contributed by atoms with Crippen molar-refractivity contribution in [3.05, 3.63) is 18.0 Å². The summed E-state index contributed by atoms with van der Waals surface area (Å²) in [5.74, 6) is 0. The highest BCUT2D eigenvalue weighted by Gasteiger charge is 2.23. The van der Waals surface area contributed by atoms with Gasteiger partial charge in [-0.2, -0.15) is 5.10 Å². The van der Waals surface area contributed by atoms with Gasteiger partial charge in [0.15, 0.2) is 0 Å². The van der Waals surface area contributed by atoms with Crippen molar-refractivity contribution < 1.29 is 9.47 Å². The highest BCUT2D eigenvalue weighted by Crippen LogP contribution is 2.27. The van der Waals surface area contributed by atoms with Crippen molar-refractivity contribution in [2.45, 2.75) is 56.7 Å². The first kappa shape index (κ1) is 14.0. The fraction of sp³-hybridized carbons (Fsp3) is 0.800. The van der Waals surface area contributed by atoms with Crippen LogP contribution in [0.3, 0.4) is 0 Å². The van der Waals surface area contributed by atoms with Crippen molar-refractivity contribution in [1.82, 2.24) is 9.78 Å². The molecule has 5 nitrogen and oxygen atoms in total. The summed E-state index contributed by atoms with van der Waals surface area (Å²) in [7, 11) is 0. The standard InChI is InChI=1S/C15H25N3O2/c16-14(15-11-19-8-9-20-15)10-12-6-7-18(17-12)13-4-2-1-3-5-13/h6-7,13-15H,1-5,8-11,16H2. The van der Waals surface area contributed by atoms with E-state index in [2.05, 4.69) is 16.9 Å². The molecule has 2 heterocycles. The van der Waals surface area contributed by atoms with Crippen molar-refractivity contribution in [2.24, 2.45) is 5.73 Å². The zero-order valence-corrected chi connectivity index (χ0v) is 12.0. The number of aromatic nitrogens is 2. The molecule has 1 saturated carbocycles. The molecule has 20 heavy (non-hydrogen) atoms. The minimum Gasteiger partial charge on any atom is -0.376 e. The SMILES string of the molecule is NC(Cc1ccn(C2CCCCC2)n1)C1COCCO1. The summed E-state index contributed by atoms with van der Waals surface area (Å²) in [6.07, 6.45) is 9.40. The van der Waals surface area contributed by atoms with E-state index in [-0.39, 0.29) is 12.1 Å². The maximum absolute atomic E-state index is 6.21. The van der Waals surface area contributed by atoms with Crippen LogP contribution in [0, 0.1) is 0 Å². The zero-order chi connectivity index (χ0) is 13.8. The molecule has 3 rings (SSSR count). The van der Waals surface area contributed by atoms with Crippen molar-refractivity contribution in [3.63, 3.8) is 0 Å². The van der Waals surface area contributed by atoms with E-state index in [0.29, 0.717) is 25.9 Å². The minimum absolute atomic E-state index is 0.00332. The van der Waals surface area contributed by atoms with Crippen LogP contribution in [0.4, 0.5) is 0 Å². The Labute approximate surface area is 120 Å². The van der Waals surface area contributed by atoms with Gasteiger partial charge in [-0.3, -0.25) is 4.68 Å². The first-order valence-electron chi connectivity index (χ1n) is 7.82. The van der Waals surface area contributed by atoms with E-state index >= 15 is 0 Å². The van der Waals surface area contributed by atoms with Gasteiger partial charge in [-0.25, -0.2) is 0 Å². The number of ether oxygens (including phenoxy) is 2. The number of rotatable bonds is 4. The molecule has 1 aliphatic carbocycles. The van der Waals surface area contributed by atoms with Crippen LogP contribution in [0.2, 0.25) is 0 Å². The maximum atomic E-state index is 6.21. The van der Waals surface area contributed by atoms with E-state index < -0.39 is 0 Å². The van der Waals surface area contributed by atoms with Gasteiger partial charge in [0.25, 0.3) is 0 Å². The molecule has 2 unspecified atom stereocenters. The number of hydrogen-bond acceptors (Lipinski definition) is 4. The molecule has 1 aliphatic heterocycles.